The van der Waals surface area contributed by atoms with Crippen LogP contribution in [0.1, 0.15) is 0 Å². The predicted molar refractivity (Wildman–Crippen MR) is 48.8 cm³/mol. The second-order valence-corrected chi connectivity index (χ2v) is 3.53. The molecule has 0 spiro atoms. The molecule has 0 bridgehead atoms. The van der Waals surface area contributed by atoms with Crippen molar-refractivity contribution in [1.29, 1.82) is 0 Å². The number of benzene rings is 1. The first-order chi connectivity index (χ1) is 5.70. The SMILES string of the molecule is Fc1n[nH]c2c(Cl)c(Br)ccc12. The number of nitrogens with zero attached hydrogens (tertiary/aromatic N) is 1. The van der Waals surface area contributed by atoms with Crippen LogP contribution in [0, 0.1) is 5.95 Å². The average Bonchev–Trinajstić information content (AvgIpc) is 2.41. The van der Waals surface area contributed by atoms with Crippen LogP contribution in [0.25, 0.3) is 10.9 Å². The molecule has 0 aliphatic rings. The normalized spacial score (nSPS) is 10.9. The van der Waals surface area contributed by atoms with Crippen molar-refractivity contribution >= 4 is 38.4 Å². The zero-order valence-corrected chi connectivity index (χ0v) is 8.08. The lowest BCUT2D eigenvalue weighted by Gasteiger charge is -1.94. The molecule has 0 aliphatic carbocycles. The van der Waals surface area contributed by atoms with Crippen molar-refractivity contribution in [3.63, 3.8) is 0 Å². The topological polar surface area (TPSA) is 28.7 Å². The minimum Gasteiger partial charge on any atom is -0.273 e. The van der Waals surface area contributed by atoms with Gasteiger partial charge in [-0.15, -0.1) is 5.10 Å². The number of halogens is 3. The van der Waals surface area contributed by atoms with Crippen LogP contribution in [0.5, 0.6) is 0 Å². The minimum atomic E-state index is -0.528. The number of fused-ring (bicyclic) bond motifs is 1. The van der Waals surface area contributed by atoms with Gasteiger partial charge in [-0.05, 0) is 28.1 Å². The Morgan fingerprint density at radius 3 is 3.00 bits per heavy atom. The summed E-state index contributed by atoms with van der Waals surface area (Å²) >= 11 is 9.08. The van der Waals surface area contributed by atoms with Gasteiger partial charge in [0.1, 0.15) is 0 Å². The summed E-state index contributed by atoms with van der Waals surface area (Å²) in [4.78, 5) is 0. The second kappa shape index (κ2) is 2.71. The Labute approximate surface area is 80.8 Å². The maximum absolute atomic E-state index is 12.8. The molecule has 0 unspecified atom stereocenters. The molecule has 0 fully saturated rings. The molecule has 0 atom stereocenters. The quantitative estimate of drug-likeness (QED) is 0.763. The Morgan fingerprint density at radius 1 is 1.50 bits per heavy atom. The number of nitrogens with one attached hydrogen (secondary N) is 1. The molecule has 5 heteroatoms. The van der Waals surface area contributed by atoms with Gasteiger partial charge in [0.2, 0.25) is 5.95 Å². The van der Waals surface area contributed by atoms with Gasteiger partial charge in [-0.2, -0.15) is 4.39 Å². The highest BCUT2D eigenvalue weighted by Gasteiger charge is 2.09. The van der Waals surface area contributed by atoms with Gasteiger partial charge in [-0.3, -0.25) is 5.10 Å². The number of hydrogen-bond donors (Lipinski definition) is 1. The van der Waals surface area contributed by atoms with Crippen LogP contribution >= 0.6 is 27.5 Å². The van der Waals surface area contributed by atoms with Crippen LogP contribution in [0.3, 0.4) is 0 Å². The molecule has 0 aliphatic heterocycles. The van der Waals surface area contributed by atoms with E-state index in [9.17, 15) is 4.39 Å². The molecule has 0 amide bonds. The van der Waals surface area contributed by atoms with Gasteiger partial charge >= 0.3 is 0 Å². The molecular formula is C7H3BrClFN2. The molecule has 2 rings (SSSR count). The zero-order chi connectivity index (χ0) is 8.72. The Balaban J connectivity index is 2.93. The maximum atomic E-state index is 12.8. The summed E-state index contributed by atoms with van der Waals surface area (Å²) < 4.78 is 13.6. The first kappa shape index (κ1) is 8.01. The van der Waals surface area contributed by atoms with E-state index in [1.165, 1.54) is 0 Å². The fourth-order valence-corrected chi connectivity index (χ4v) is 1.53. The smallest absolute Gasteiger partial charge is 0.240 e. The van der Waals surface area contributed by atoms with Crippen LogP contribution in [0.15, 0.2) is 16.6 Å². The molecule has 12 heavy (non-hydrogen) atoms. The molecule has 2 aromatic rings. The predicted octanol–water partition coefficient (Wildman–Crippen LogP) is 3.12. The summed E-state index contributed by atoms with van der Waals surface area (Å²) in [5.41, 5.74) is 0.517. The highest BCUT2D eigenvalue weighted by Crippen LogP contribution is 2.30. The van der Waals surface area contributed by atoms with E-state index in [0.29, 0.717) is 15.9 Å². The lowest BCUT2D eigenvalue weighted by atomic mass is 10.2. The summed E-state index contributed by atoms with van der Waals surface area (Å²) in [5, 5.41) is 6.76. The Bertz CT molecular complexity index is 440. The van der Waals surface area contributed by atoms with Crippen molar-refractivity contribution in [2.24, 2.45) is 0 Å². The van der Waals surface area contributed by atoms with E-state index in [0.717, 1.165) is 4.47 Å². The molecule has 2 nitrogen and oxygen atoms in total. The van der Waals surface area contributed by atoms with Gasteiger partial charge in [0.25, 0.3) is 0 Å². The van der Waals surface area contributed by atoms with Crippen LogP contribution in [0.2, 0.25) is 5.02 Å². The third kappa shape index (κ3) is 1.03. The van der Waals surface area contributed by atoms with E-state index in [2.05, 4.69) is 26.1 Å². The Hall–Kier alpha value is -0.610. The van der Waals surface area contributed by atoms with Gasteiger partial charge < -0.3 is 0 Å². The Morgan fingerprint density at radius 2 is 2.25 bits per heavy atom. The van der Waals surface area contributed by atoms with Gasteiger partial charge in [0.05, 0.1) is 15.9 Å². The summed E-state index contributed by atoms with van der Waals surface area (Å²) in [6.45, 7) is 0. The van der Waals surface area contributed by atoms with Crippen molar-refractivity contribution in [3.8, 4) is 0 Å². The van der Waals surface area contributed by atoms with Crippen LogP contribution in [-0.2, 0) is 0 Å². The number of aromatic nitrogens is 2. The molecule has 0 radical (unpaired) electrons. The standard InChI is InChI=1S/C7H3BrClFN2/c8-4-2-1-3-6(5(4)9)11-12-7(3)10/h1-2H,(H,11,12). The summed E-state index contributed by atoms with van der Waals surface area (Å²) in [6.07, 6.45) is 0. The van der Waals surface area contributed by atoms with Crippen molar-refractivity contribution in [1.82, 2.24) is 10.2 Å². The number of H-pyrrole nitrogens is 1. The third-order valence-corrected chi connectivity index (χ3v) is 2.86. The molecule has 1 heterocycles. The minimum absolute atomic E-state index is 0.406. The van der Waals surface area contributed by atoms with E-state index < -0.39 is 5.95 Å². The summed E-state index contributed by atoms with van der Waals surface area (Å²) in [5.74, 6) is -0.528. The number of hydrogen-bond acceptors (Lipinski definition) is 1. The van der Waals surface area contributed by atoms with Gasteiger partial charge in [0.15, 0.2) is 0 Å². The maximum Gasteiger partial charge on any atom is 0.240 e. The largest absolute Gasteiger partial charge is 0.273 e. The van der Waals surface area contributed by atoms with Crippen molar-refractivity contribution in [2.45, 2.75) is 0 Å². The second-order valence-electron chi connectivity index (χ2n) is 2.30. The molecule has 1 N–H and O–H groups in total. The van der Waals surface area contributed by atoms with Crippen molar-refractivity contribution in [3.05, 3.63) is 27.6 Å². The van der Waals surface area contributed by atoms with Crippen molar-refractivity contribution < 1.29 is 4.39 Å². The van der Waals surface area contributed by atoms with E-state index in [-0.39, 0.29) is 0 Å². The fourth-order valence-electron chi connectivity index (χ4n) is 0.997. The van der Waals surface area contributed by atoms with Gasteiger partial charge in [-0.25, -0.2) is 0 Å². The Kier molecular flexibility index (Phi) is 1.81. The first-order valence-corrected chi connectivity index (χ1v) is 4.35. The van der Waals surface area contributed by atoms with Crippen LogP contribution in [0.4, 0.5) is 4.39 Å². The molecule has 1 aromatic heterocycles. The monoisotopic (exact) mass is 248 g/mol. The van der Waals surface area contributed by atoms with E-state index in [1.54, 1.807) is 12.1 Å². The first-order valence-electron chi connectivity index (χ1n) is 3.17. The van der Waals surface area contributed by atoms with E-state index >= 15 is 0 Å². The molecule has 0 saturated carbocycles. The van der Waals surface area contributed by atoms with Gasteiger partial charge in [0, 0.05) is 4.47 Å². The summed E-state index contributed by atoms with van der Waals surface area (Å²) in [7, 11) is 0. The molecule has 0 saturated heterocycles. The molecule has 62 valence electrons. The lowest BCUT2D eigenvalue weighted by Crippen LogP contribution is -1.73. The molecular weight excluding hydrogens is 246 g/mol. The lowest BCUT2D eigenvalue weighted by molar-refractivity contribution is 0.588. The van der Waals surface area contributed by atoms with Crippen LogP contribution < -0.4 is 0 Å². The number of aromatic amines is 1. The molecule has 1 aromatic carbocycles. The van der Waals surface area contributed by atoms with E-state index in [1.807, 2.05) is 0 Å². The average molecular weight is 249 g/mol. The summed E-state index contributed by atoms with van der Waals surface area (Å²) in [6, 6.07) is 3.30. The third-order valence-electron chi connectivity index (χ3n) is 1.58. The number of rotatable bonds is 0. The highest BCUT2D eigenvalue weighted by atomic mass is 79.9. The fraction of sp³-hybridized carbons (Fsp3) is 0. The van der Waals surface area contributed by atoms with Crippen molar-refractivity contribution in [2.75, 3.05) is 0 Å². The van der Waals surface area contributed by atoms with Crippen LogP contribution in [-0.4, -0.2) is 10.2 Å². The van der Waals surface area contributed by atoms with E-state index in [4.69, 9.17) is 11.6 Å². The highest BCUT2D eigenvalue weighted by molar-refractivity contribution is 9.10. The van der Waals surface area contributed by atoms with Gasteiger partial charge in [-0.1, -0.05) is 11.6 Å². The zero-order valence-electron chi connectivity index (χ0n) is 5.74.